The topological polar surface area (TPSA) is 68.0 Å². The maximum atomic E-state index is 12.9. The second-order valence-electron chi connectivity index (χ2n) is 6.35. The fraction of sp³-hybridized carbons (Fsp3) is 0.316. The number of nitrogens with zero attached hydrogens (tertiary/aromatic N) is 2. The van der Waals surface area contributed by atoms with Crippen LogP contribution in [-0.2, 0) is 6.18 Å². The summed E-state index contributed by atoms with van der Waals surface area (Å²) in [4.78, 5) is 17.2. The maximum absolute atomic E-state index is 12.9. The molecule has 0 aliphatic heterocycles. The number of aromatic nitrogens is 2. The molecule has 0 fully saturated rings. The van der Waals surface area contributed by atoms with Crippen molar-refractivity contribution in [1.82, 2.24) is 15.5 Å². The van der Waals surface area contributed by atoms with Crippen LogP contribution in [0.15, 0.2) is 46.3 Å². The molecule has 2 aromatic heterocycles. The van der Waals surface area contributed by atoms with E-state index in [1.54, 1.807) is 17.5 Å². The smallest absolute Gasteiger partial charge is 0.339 e. The van der Waals surface area contributed by atoms with E-state index in [0.29, 0.717) is 4.88 Å². The van der Waals surface area contributed by atoms with Crippen LogP contribution < -0.4 is 5.32 Å². The number of halogens is 3. The van der Waals surface area contributed by atoms with Crippen molar-refractivity contribution in [3.05, 3.63) is 58.1 Å². The average molecular weight is 409 g/mol. The van der Waals surface area contributed by atoms with Gasteiger partial charge < -0.3 is 9.84 Å². The number of rotatable bonds is 6. The molecule has 0 saturated heterocycles. The molecular weight excluding hydrogens is 391 g/mol. The Morgan fingerprint density at radius 2 is 2.07 bits per heavy atom. The third-order valence-electron chi connectivity index (χ3n) is 4.40. The molecule has 5 nitrogen and oxygen atoms in total. The van der Waals surface area contributed by atoms with E-state index in [0.717, 1.165) is 18.6 Å². The van der Waals surface area contributed by atoms with Crippen molar-refractivity contribution in [1.29, 1.82) is 0 Å². The molecule has 3 aromatic rings. The lowest BCUT2D eigenvalue weighted by molar-refractivity contribution is -0.137. The van der Waals surface area contributed by atoms with Crippen LogP contribution in [-0.4, -0.2) is 16.0 Å². The molecule has 0 aliphatic carbocycles. The van der Waals surface area contributed by atoms with E-state index in [9.17, 15) is 18.0 Å². The normalized spacial score (nSPS) is 13.9. The number of nitrogens with one attached hydrogen (secondary N) is 1. The van der Waals surface area contributed by atoms with Gasteiger partial charge in [0, 0.05) is 5.56 Å². The van der Waals surface area contributed by atoms with Crippen molar-refractivity contribution in [2.75, 3.05) is 0 Å². The van der Waals surface area contributed by atoms with Gasteiger partial charge in [0.2, 0.25) is 11.7 Å². The summed E-state index contributed by atoms with van der Waals surface area (Å²) in [6.07, 6.45) is -3.73. The molecule has 2 heterocycles. The van der Waals surface area contributed by atoms with Gasteiger partial charge in [-0.1, -0.05) is 43.6 Å². The molecule has 1 amide bonds. The average Bonchev–Trinajstić information content (AvgIpc) is 3.36. The van der Waals surface area contributed by atoms with Gasteiger partial charge in [-0.3, -0.25) is 4.79 Å². The van der Waals surface area contributed by atoms with Gasteiger partial charge in [-0.25, -0.2) is 0 Å². The Hall–Kier alpha value is -2.68. The Morgan fingerprint density at radius 3 is 2.71 bits per heavy atom. The van der Waals surface area contributed by atoms with Crippen molar-refractivity contribution in [2.45, 2.75) is 32.5 Å². The SMILES string of the molecule is CC[C@H](C)[C@@H](NC(=O)c1cccs1)c1nc(-c2cccc(C(F)(F)F)c2)no1. The molecule has 0 spiro atoms. The summed E-state index contributed by atoms with van der Waals surface area (Å²) in [6.45, 7) is 3.88. The van der Waals surface area contributed by atoms with Gasteiger partial charge in [0.15, 0.2) is 0 Å². The van der Waals surface area contributed by atoms with Crippen molar-refractivity contribution in [2.24, 2.45) is 5.92 Å². The minimum absolute atomic E-state index is 0.0151. The Bertz CT molecular complexity index is 938. The second-order valence-corrected chi connectivity index (χ2v) is 7.30. The van der Waals surface area contributed by atoms with Crippen molar-refractivity contribution < 1.29 is 22.5 Å². The molecular formula is C19H18F3N3O2S. The van der Waals surface area contributed by atoms with E-state index >= 15 is 0 Å². The van der Waals surface area contributed by atoms with E-state index in [1.165, 1.54) is 23.5 Å². The first-order chi connectivity index (χ1) is 13.3. The lowest BCUT2D eigenvalue weighted by Gasteiger charge is -2.20. The summed E-state index contributed by atoms with van der Waals surface area (Å²) in [5.74, 6) is -0.0794. The second kappa shape index (κ2) is 8.14. The van der Waals surface area contributed by atoms with Crippen molar-refractivity contribution in [3.63, 3.8) is 0 Å². The predicted molar refractivity (Wildman–Crippen MR) is 98.7 cm³/mol. The highest BCUT2D eigenvalue weighted by Gasteiger charge is 2.31. The zero-order chi connectivity index (χ0) is 20.3. The van der Waals surface area contributed by atoms with Crippen LogP contribution in [0.3, 0.4) is 0 Å². The van der Waals surface area contributed by atoms with E-state index in [4.69, 9.17) is 4.52 Å². The minimum Gasteiger partial charge on any atom is -0.339 e. The summed E-state index contributed by atoms with van der Waals surface area (Å²) in [5, 5.41) is 8.49. The highest BCUT2D eigenvalue weighted by molar-refractivity contribution is 7.12. The molecule has 0 radical (unpaired) electrons. The zero-order valence-electron chi connectivity index (χ0n) is 15.2. The van der Waals surface area contributed by atoms with Crippen LogP contribution in [0, 0.1) is 5.92 Å². The quantitative estimate of drug-likeness (QED) is 0.597. The lowest BCUT2D eigenvalue weighted by Crippen LogP contribution is -2.32. The van der Waals surface area contributed by atoms with Crippen LogP contribution in [0.4, 0.5) is 13.2 Å². The molecule has 2 atom stereocenters. The Morgan fingerprint density at radius 1 is 1.29 bits per heavy atom. The van der Waals surface area contributed by atoms with Crippen LogP contribution in [0.2, 0.25) is 0 Å². The third-order valence-corrected chi connectivity index (χ3v) is 5.27. The first-order valence-corrected chi connectivity index (χ1v) is 9.53. The largest absolute Gasteiger partial charge is 0.416 e. The Kier molecular flexibility index (Phi) is 5.83. The first kappa shape index (κ1) is 20.1. The number of hydrogen-bond donors (Lipinski definition) is 1. The Labute approximate surface area is 163 Å². The molecule has 0 saturated carbocycles. The van der Waals surface area contributed by atoms with Crippen LogP contribution in [0.1, 0.15) is 47.4 Å². The van der Waals surface area contributed by atoms with E-state index in [1.807, 2.05) is 13.8 Å². The summed E-state index contributed by atoms with van der Waals surface area (Å²) >= 11 is 1.31. The summed E-state index contributed by atoms with van der Waals surface area (Å²) in [7, 11) is 0. The lowest BCUT2D eigenvalue weighted by atomic mass is 9.99. The fourth-order valence-electron chi connectivity index (χ4n) is 2.62. The summed E-state index contributed by atoms with van der Waals surface area (Å²) < 4.78 is 44.1. The van der Waals surface area contributed by atoms with Gasteiger partial charge in [0.05, 0.1) is 10.4 Å². The van der Waals surface area contributed by atoms with E-state index in [-0.39, 0.29) is 29.1 Å². The molecule has 9 heteroatoms. The number of carbonyl (C=O) groups excluding carboxylic acids is 1. The van der Waals surface area contributed by atoms with Crippen LogP contribution >= 0.6 is 11.3 Å². The molecule has 28 heavy (non-hydrogen) atoms. The molecule has 0 aliphatic rings. The van der Waals surface area contributed by atoms with Gasteiger partial charge in [0.25, 0.3) is 5.91 Å². The van der Waals surface area contributed by atoms with Crippen molar-refractivity contribution in [3.8, 4) is 11.4 Å². The highest BCUT2D eigenvalue weighted by atomic mass is 32.1. The summed E-state index contributed by atoms with van der Waals surface area (Å²) in [5.41, 5.74) is -0.599. The summed E-state index contributed by atoms with van der Waals surface area (Å²) in [6, 6.07) is 7.65. The number of hydrogen-bond acceptors (Lipinski definition) is 5. The number of benzene rings is 1. The fourth-order valence-corrected chi connectivity index (χ4v) is 3.24. The van der Waals surface area contributed by atoms with Crippen molar-refractivity contribution >= 4 is 17.2 Å². The highest BCUT2D eigenvalue weighted by Crippen LogP contribution is 2.32. The van der Waals surface area contributed by atoms with Gasteiger partial charge in [-0.2, -0.15) is 18.2 Å². The molecule has 148 valence electrons. The minimum atomic E-state index is -4.46. The third kappa shape index (κ3) is 4.41. The number of alkyl halides is 3. The van der Waals surface area contributed by atoms with Gasteiger partial charge in [0.1, 0.15) is 6.04 Å². The standard InChI is InChI=1S/C19H18F3N3O2S/c1-3-11(2)15(23-17(26)14-8-5-9-28-14)18-24-16(25-27-18)12-6-4-7-13(10-12)19(20,21)22/h4-11,15H,3H2,1-2H3,(H,23,26)/t11-,15+/m0/s1. The number of thiophene rings is 1. The van der Waals surface area contributed by atoms with Crippen LogP contribution in [0.5, 0.6) is 0 Å². The van der Waals surface area contributed by atoms with Crippen LogP contribution in [0.25, 0.3) is 11.4 Å². The molecule has 0 bridgehead atoms. The van der Waals surface area contributed by atoms with E-state index in [2.05, 4.69) is 15.5 Å². The predicted octanol–water partition coefficient (Wildman–Crippen LogP) is 5.33. The first-order valence-electron chi connectivity index (χ1n) is 8.65. The molecule has 0 unspecified atom stereocenters. The molecule has 3 rings (SSSR count). The molecule has 1 N–H and O–H groups in total. The molecule has 1 aromatic carbocycles. The maximum Gasteiger partial charge on any atom is 0.416 e. The number of carbonyl (C=O) groups is 1. The van der Waals surface area contributed by atoms with Gasteiger partial charge in [-0.15, -0.1) is 11.3 Å². The van der Waals surface area contributed by atoms with Gasteiger partial charge in [-0.05, 0) is 29.5 Å². The Balaban J connectivity index is 1.87. The number of amides is 1. The monoisotopic (exact) mass is 409 g/mol. The van der Waals surface area contributed by atoms with Gasteiger partial charge >= 0.3 is 6.18 Å². The van der Waals surface area contributed by atoms with E-state index < -0.39 is 17.8 Å². The zero-order valence-corrected chi connectivity index (χ0v) is 16.0.